The third kappa shape index (κ3) is 4.44. The number of esters is 1. The summed E-state index contributed by atoms with van der Waals surface area (Å²) in [6, 6.07) is 15.0. The Morgan fingerprint density at radius 3 is 2.47 bits per heavy atom. The number of hydrogen-bond acceptors (Lipinski definition) is 5. The maximum absolute atomic E-state index is 12.6. The molecule has 6 nitrogen and oxygen atoms in total. The molecule has 0 N–H and O–H groups in total. The van der Waals surface area contributed by atoms with Gasteiger partial charge in [-0.3, -0.25) is 4.79 Å². The Labute approximate surface area is 180 Å². The van der Waals surface area contributed by atoms with Crippen molar-refractivity contribution in [3.8, 4) is 0 Å². The van der Waals surface area contributed by atoms with Crippen LogP contribution in [0.2, 0.25) is 5.02 Å². The van der Waals surface area contributed by atoms with Gasteiger partial charge in [0.15, 0.2) is 0 Å². The lowest BCUT2D eigenvalue weighted by atomic mass is 10.1. The monoisotopic (exact) mass is 426 g/mol. The van der Waals surface area contributed by atoms with Crippen molar-refractivity contribution in [2.24, 2.45) is 0 Å². The Bertz CT molecular complexity index is 1050. The van der Waals surface area contributed by atoms with Crippen LogP contribution in [0.5, 0.6) is 0 Å². The van der Waals surface area contributed by atoms with Gasteiger partial charge in [-0.15, -0.1) is 0 Å². The van der Waals surface area contributed by atoms with Gasteiger partial charge in [0, 0.05) is 42.3 Å². The number of carbonyl (C=O) groups is 2. The molecule has 0 unspecified atom stereocenters. The number of benzene rings is 2. The van der Waals surface area contributed by atoms with Crippen LogP contribution in [0.4, 0.5) is 5.69 Å². The Balaban J connectivity index is 1.38. The number of furan rings is 1. The van der Waals surface area contributed by atoms with Crippen LogP contribution in [-0.2, 0) is 16.0 Å². The average Bonchev–Trinajstić information content (AvgIpc) is 3.19. The molecule has 1 saturated heterocycles. The van der Waals surface area contributed by atoms with Crippen LogP contribution in [-0.4, -0.2) is 49.6 Å². The molecule has 3 aromatic rings. The molecule has 2 heterocycles. The van der Waals surface area contributed by atoms with E-state index in [4.69, 9.17) is 20.8 Å². The first kappa shape index (κ1) is 20.3. The summed E-state index contributed by atoms with van der Waals surface area (Å²) < 4.78 is 10.6. The minimum Gasteiger partial charge on any atom is -0.460 e. The molecule has 4 rings (SSSR count). The predicted molar refractivity (Wildman–Crippen MR) is 116 cm³/mol. The zero-order valence-electron chi connectivity index (χ0n) is 16.8. The summed E-state index contributed by atoms with van der Waals surface area (Å²) in [5, 5.41) is 1.53. The largest absolute Gasteiger partial charge is 0.460 e. The molecule has 1 aliphatic rings. The van der Waals surface area contributed by atoms with Gasteiger partial charge < -0.3 is 19.0 Å². The van der Waals surface area contributed by atoms with E-state index in [1.165, 1.54) is 0 Å². The minimum atomic E-state index is -0.455. The molecule has 1 fully saturated rings. The molecule has 1 amide bonds. The normalized spacial score (nSPS) is 14.2. The number of hydrogen-bond donors (Lipinski definition) is 0. The molecule has 0 spiro atoms. The van der Waals surface area contributed by atoms with E-state index >= 15 is 0 Å². The van der Waals surface area contributed by atoms with Crippen LogP contribution in [0, 0.1) is 0 Å². The second-order valence-electron chi connectivity index (χ2n) is 7.22. The zero-order valence-corrected chi connectivity index (χ0v) is 17.5. The van der Waals surface area contributed by atoms with Gasteiger partial charge in [-0.25, -0.2) is 4.79 Å². The van der Waals surface area contributed by atoms with Crippen molar-refractivity contribution in [1.29, 1.82) is 0 Å². The van der Waals surface area contributed by atoms with Crippen molar-refractivity contribution in [1.82, 2.24) is 4.90 Å². The van der Waals surface area contributed by atoms with Gasteiger partial charge in [0.05, 0.1) is 13.0 Å². The Morgan fingerprint density at radius 2 is 1.77 bits per heavy atom. The molecule has 0 saturated carbocycles. The number of nitrogens with zero attached hydrogens (tertiary/aromatic N) is 2. The van der Waals surface area contributed by atoms with E-state index in [2.05, 4.69) is 4.90 Å². The second kappa shape index (κ2) is 8.79. The molecule has 156 valence electrons. The number of ether oxygens (including phenoxy) is 1. The Hall–Kier alpha value is -2.99. The first-order chi connectivity index (χ1) is 14.5. The summed E-state index contributed by atoms with van der Waals surface area (Å²) in [7, 11) is 0. The van der Waals surface area contributed by atoms with E-state index < -0.39 is 5.97 Å². The van der Waals surface area contributed by atoms with Crippen LogP contribution >= 0.6 is 11.6 Å². The fourth-order valence-corrected chi connectivity index (χ4v) is 3.76. The van der Waals surface area contributed by atoms with Crippen molar-refractivity contribution in [2.75, 3.05) is 37.7 Å². The number of halogens is 1. The van der Waals surface area contributed by atoms with Crippen LogP contribution in [0.3, 0.4) is 0 Å². The van der Waals surface area contributed by atoms with Crippen LogP contribution < -0.4 is 4.90 Å². The van der Waals surface area contributed by atoms with Gasteiger partial charge in [-0.05, 0) is 48.9 Å². The van der Waals surface area contributed by atoms with E-state index in [9.17, 15) is 9.59 Å². The van der Waals surface area contributed by atoms with Crippen molar-refractivity contribution in [3.63, 3.8) is 0 Å². The van der Waals surface area contributed by atoms with E-state index in [0.29, 0.717) is 36.7 Å². The number of carbonyl (C=O) groups excluding carboxylic acids is 2. The van der Waals surface area contributed by atoms with Gasteiger partial charge in [-0.1, -0.05) is 23.7 Å². The van der Waals surface area contributed by atoms with E-state index in [0.717, 1.165) is 29.7 Å². The zero-order chi connectivity index (χ0) is 21.1. The molecule has 0 bridgehead atoms. The summed E-state index contributed by atoms with van der Waals surface area (Å²) >= 11 is 5.91. The lowest BCUT2D eigenvalue weighted by molar-refractivity contribution is -0.130. The van der Waals surface area contributed by atoms with Gasteiger partial charge in [0.1, 0.15) is 5.58 Å². The van der Waals surface area contributed by atoms with E-state index in [1.54, 1.807) is 13.0 Å². The molecule has 0 atom stereocenters. The third-order valence-corrected chi connectivity index (χ3v) is 5.49. The van der Waals surface area contributed by atoms with Crippen molar-refractivity contribution >= 4 is 40.1 Å². The molecule has 2 aromatic carbocycles. The number of anilines is 1. The van der Waals surface area contributed by atoms with Gasteiger partial charge in [0.25, 0.3) is 0 Å². The van der Waals surface area contributed by atoms with Crippen molar-refractivity contribution < 1.29 is 18.7 Å². The molecule has 1 aliphatic heterocycles. The highest BCUT2D eigenvalue weighted by Crippen LogP contribution is 2.26. The third-order valence-electron chi connectivity index (χ3n) is 5.24. The summed E-state index contributed by atoms with van der Waals surface area (Å²) in [5.41, 5.74) is 2.66. The van der Waals surface area contributed by atoms with E-state index in [-0.39, 0.29) is 11.7 Å². The van der Waals surface area contributed by atoms with Crippen LogP contribution in [0.25, 0.3) is 11.0 Å². The number of amides is 1. The number of fused-ring (bicyclic) bond motifs is 1. The number of rotatable bonds is 5. The van der Waals surface area contributed by atoms with Crippen LogP contribution in [0.15, 0.2) is 52.9 Å². The summed E-state index contributed by atoms with van der Waals surface area (Å²) in [6.45, 7) is 4.91. The first-order valence-electron chi connectivity index (χ1n) is 10.0. The Kier molecular flexibility index (Phi) is 5.95. The highest BCUT2D eigenvalue weighted by molar-refractivity contribution is 6.30. The van der Waals surface area contributed by atoms with E-state index in [1.807, 2.05) is 47.4 Å². The van der Waals surface area contributed by atoms with Crippen LogP contribution in [0.1, 0.15) is 23.0 Å². The fraction of sp³-hybridized carbons (Fsp3) is 0.304. The number of piperazine rings is 1. The molecule has 0 aliphatic carbocycles. The van der Waals surface area contributed by atoms with Crippen molar-refractivity contribution in [3.05, 3.63) is 64.9 Å². The average molecular weight is 427 g/mol. The smallest absolute Gasteiger partial charge is 0.374 e. The molecular weight excluding hydrogens is 404 g/mol. The Morgan fingerprint density at radius 1 is 1.03 bits per heavy atom. The molecule has 1 aromatic heterocycles. The predicted octanol–water partition coefficient (Wildman–Crippen LogP) is 4.15. The fourth-order valence-electron chi connectivity index (χ4n) is 3.63. The molecule has 0 radical (unpaired) electrons. The maximum Gasteiger partial charge on any atom is 0.374 e. The molecular formula is C23H23ClN2O4. The lowest BCUT2D eigenvalue weighted by Gasteiger charge is -2.36. The topological polar surface area (TPSA) is 63.0 Å². The maximum atomic E-state index is 12.6. The summed E-state index contributed by atoms with van der Waals surface area (Å²) in [6.07, 6.45) is 0.384. The highest BCUT2D eigenvalue weighted by atomic mass is 35.5. The highest BCUT2D eigenvalue weighted by Gasteiger charge is 2.22. The van der Waals surface area contributed by atoms with Crippen molar-refractivity contribution in [2.45, 2.75) is 13.3 Å². The molecule has 7 heteroatoms. The lowest BCUT2D eigenvalue weighted by Crippen LogP contribution is -2.49. The standard InChI is InChI=1S/C23H23ClN2O4/c1-2-29-23(28)21-15-17-14-19(7-8-20(17)30-21)25-9-11-26(12-10-25)22(27)13-16-3-5-18(24)6-4-16/h3-8,14-15H,2,9-13H2,1H3. The second-order valence-corrected chi connectivity index (χ2v) is 7.66. The minimum absolute atomic E-state index is 0.126. The SMILES string of the molecule is CCOC(=O)c1cc2cc(N3CCN(C(=O)Cc4ccc(Cl)cc4)CC3)ccc2o1. The molecule has 30 heavy (non-hydrogen) atoms. The quantitative estimate of drug-likeness (QED) is 0.573. The van der Waals surface area contributed by atoms with Gasteiger partial charge in [-0.2, -0.15) is 0 Å². The van der Waals surface area contributed by atoms with Gasteiger partial charge in [0.2, 0.25) is 11.7 Å². The first-order valence-corrected chi connectivity index (χ1v) is 10.4. The van der Waals surface area contributed by atoms with Gasteiger partial charge >= 0.3 is 5.97 Å². The summed E-state index contributed by atoms with van der Waals surface area (Å²) in [4.78, 5) is 28.6. The summed E-state index contributed by atoms with van der Waals surface area (Å²) in [5.74, 6) is -0.119.